The van der Waals surface area contributed by atoms with E-state index in [0.29, 0.717) is 0 Å². The number of nitrogens with zero attached hydrogens (tertiary/aromatic N) is 1. The van der Waals surface area contributed by atoms with Gasteiger partial charge < -0.3 is 13.7 Å². The van der Waals surface area contributed by atoms with Crippen molar-refractivity contribution in [1.82, 2.24) is 0 Å². The van der Waals surface area contributed by atoms with E-state index in [1.54, 1.807) is 0 Å². The summed E-state index contributed by atoms with van der Waals surface area (Å²) in [6.07, 6.45) is 0. The lowest BCUT2D eigenvalue weighted by Crippen LogP contribution is -2.11. The molecule has 0 aliphatic heterocycles. The molecule has 3 heteroatoms. The predicted molar refractivity (Wildman–Crippen MR) is 204 cm³/mol. The molecule has 230 valence electrons. The lowest BCUT2D eigenvalue weighted by Gasteiger charge is -2.28. The molecule has 0 fully saturated rings. The summed E-state index contributed by atoms with van der Waals surface area (Å²) in [7, 11) is 0. The Morgan fingerprint density at radius 3 is 1.90 bits per heavy atom. The van der Waals surface area contributed by atoms with Crippen molar-refractivity contribution in [3.8, 4) is 22.3 Å². The third kappa shape index (κ3) is 4.51. The number of benzene rings is 8. The number of fused-ring (bicyclic) bond motifs is 8. The molecule has 0 saturated carbocycles. The van der Waals surface area contributed by atoms with Gasteiger partial charge in [-0.1, -0.05) is 115 Å². The van der Waals surface area contributed by atoms with Gasteiger partial charge in [0.05, 0.1) is 5.69 Å². The fraction of sp³-hybridized carbons (Fsp3) is 0. The van der Waals surface area contributed by atoms with E-state index in [1.165, 1.54) is 16.5 Å². The lowest BCUT2D eigenvalue weighted by molar-refractivity contribution is 0.669. The molecule has 3 nitrogen and oxygen atoms in total. The van der Waals surface area contributed by atoms with Crippen LogP contribution >= 0.6 is 0 Å². The number of furan rings is 2. The van der Waals surface area contributed by atoms with Crippen molar-refractivity contribution in [3.05, 3.63) is 176 Å². The molecule has 2 aromatic heterocycles. The summed E-state index contributed by atoms with van der Waals surface area (Å²) in [4.78, 5) is 2.34. The Kier molecular flexibility index (Phi) is 6.18. The minimum Gasteiger partial charge on any atom is -0.456 e. The fourth-order valence-electron chi connectivity index (χ4n) is 7.30. The number of para-hydroxylation sites is 2. The molecule has 0 aliphatic rings. The molecule has 10 aromatic rings. The SMILES string of the molecule is c1ccc(-c2ccc(N(c3ccc4c(c3)oc3ccccc34)c3ccccc3-c3ccc4oc5c6ccccc6ccc5c4c3)cc2)cc1. The molecule has 0 amide bonds. The highest BCUT2D eigenvalue weighted by atomic mass is 16.3. The van der Waals surface area contributed by atoms with Crippen LogP contribution in [0.4, 0.5) is 17.1 Å². The number of hydrogen-bond acceptors (Lipinski definition) is 3. The van der Waals surface area contributed by atoms with Crippen LogP contribution < -0.4 is 4.90 Å². The normalized spacial score (nSPS) is 11.7. The second-order valence-electron chi connectivity index (χ2n) is 12.5. The summed E-state index contributed by atoms with van der Waals surface area (Å²) in [6, 6.07) is 62.1. The molecule has 0 unspecified atom stereocenters. The van der Waals surface area contributed by atoms with E-state index >= 15 is 0 Å². The van der Waals surface area contributed by atoms with E-state index in [1.807, 2.05) is 12.1 Å². The van der Waals surface area contributed by atoms with Gasteiger partial charge in [0.25, 0.3) is 0 Å². The fourth-order valence-corrected chi connectivity index (χ4v) is 7.30. The Morgan fingerprint density at radius 1 is 0.347 bits per heavy atom. The van der Waals surface area contributed by atoms with Crippen LogP contribution in [0.25, 0.3) is 76.9 Å². The van der Waals surface area contributed by atoms with Crippen molar-refractivity contribution in [3.63, 3.8) is 0 Å². The van der Waals surface area contributed by atoms with Gasteiger partial charge in [0, 0.05) is 49.9 Å². The van der Waals surface area contributed by atoms with Gasteiger partial charge in [-0.25, -0.2) is 0 Å². The molecule has 0 saturated heterocycles. The molecule has 0 bridgehead atoms. The Bertz CT molecular complexity index is 2830. The van der Waals surface area contributed by atoms with Crippen LogP contribution in [0.1, 0.15) is 0 Å². The van der Waals surface area contributed by atoms with Crippen LogP contribution in [0.2, 0.25) is 0 Å². The first kappa shape index (κ1) is 27.5. The van der Waals surface area contributed by atoms with E-state index in [0.717, 1.165) is 77.5 Å². The van der Waals surface area contributed by atoms with E-state index in [4.69, 9.17) is 8.83 Å². The zero-order valence-electron chi connectivity index (χ0n) is 26.5. The largest absolute Gasteiger partial charge is 0.456 e. The topological polar surface area (TPSA) is 29.5 Å². The number of anilines is 3. The molecule has 0 radical (unpaired) electrons. The van der Waals surface area contributed by atoms with Crippen LogP contribution in [-0.4, -0.2) is 0 Å². The van der Waals surface area contributed by atoms with Crippen molar-refractivity contribution >= 4 is 71.7 Å². The van der Waals surface area contributed by atoms with Crippen molar-refractivity contribution < 1.29 is 8.83 Å². The zero-order valence-corrected chi connectivity index (χ0v) is 26.5. The van der Waals surface area contributed by atoms with Gasteiger partial charge in [0.2, 0.25) is 0 Å². The van der Waals surface area contributed by atoms with Crippen LogP contribution in [0.15, 0.2) is 185 Å². The van der Waals surface area contributed by atoms with Crippen molar-refractivity contribution in [2.75, 3.05) is 4.90 Å². The highest BCUT2D eigenvalue weighted by Gasteiger charge is 2.20. The molecule has 49 heavy (non-hydrogen) atoms. The zero-order chi connectivity index (χ0) is 32.3. The molecule has 0 N–H and O–H groups in total. The molecule has 8 aromatic carbocycles. The second-order valence-corrected chi connectivity index (χ2v) is 12.5. The summed E-state index contributed by atoms with van der Waals surface area (Å²) < 4.78 is 12.8. The van der Waals surface area contributed by atoms with Crippen LogP contribution in [0, 0.1) is 0 Å². The van der Waals surface area contributed by atoms with E-state index in [9.17, 15) is 0 Å². The lowest BCUT2D eigenvalue weighted by atomic mass is 9.98. The third-order valence-electron chi connectivity index (χ3n) is 9.67. The summed E-state index contributed by atoms with van der Waals surface area (Å²) in [5.74, 6) is 0. The first-order valence-corrected chi connectivity index (χ1v) is 16.6. The van der Waals surface area contributed by atoms with Crippen LogP contribution in [-0.2, 0) is 0 Å². The smallest absolute Gasteiger partial charge is 0.143 e. The minimum atomic E-state index is 0.862. The first-order valence-electron chi connectivity index (χ1n) is 16.6. The predicted octanol–water partition coefficient (Wildman–Crippen LogP) is 13.4. The van der Waals surface area contributed by atoms with E-state index in [-0.39, 0.29) is 0 Å². The van der Waals surface area contributed by atoms with Gasteiger partial charge in [0.15, 0.2) is 0 Å². The summed E-state index contributed by atoms with van der Waals surface area (Å²) in [5, 5.41) is 6.76. The summed E-state index contributed by atoms with van der Waals surface area (Å²) in [5.41, 5.74) is 11.3. The van der Waals surface area contributed by atoms with Gasteiger partial charge in [-0.3, -0.25) is 0 Å². The maximum absolute atomic E-state index is 6.47. The molecule has 0 aliphatic carbocycles. The molecule has 0 atom stereocenters. The Balaban J connectivity index is 1.16. The van der Waals surface area contributed by atoms with Crippen molar-refractivity contribution in [1.29, 1.82) is 0 Å². The van der Waals surface area contributed by atoms with Gasteiger partial charge in [-0.15, -0.1) is 0 Å². The quantitative estimate of drug-likeness (QED) is 0.190. The van der Waals surface area contributed by atoms with Gasteiger partial charge in [0.1, 0.15) is 22.3 Å². The highest BCUT2D eigenvalue weighted by Crippen LogP contribution is 2.44. The number of hydrogen-bond donors (Lipinski definition) is 0. The minimum absolute atomic E-state index is 0.862. The van der Waals surface area contributed by atoms with E-state index < -0.39 is 0 Å². The Morgan fingerprint density at radius 2 is 1.00 bits per heavy atom. The maximum atomic E-state index is 6.47. The van der Waals surface area contributed by atoms with Gasteiger partial charge >= 0.3 is 0 Å². The van der Waals surface area contributed by atoms with Gasteiger partial charge in [-0.2, -0.15) is 0 Å². The number of rotatable bonds is 5. The Labute approximate surface area is 282 Å². The average molecular weight is 628 g/mol. The average Bonchev–Trinajstić information content (AvgIpc) is 3.74. The monoisotopic (exact) mass is 627 g/mol. The Hall–Kier alpha value is -6.58. The first-order chi connectivity index (χ1) is 24.3. The van der Waals surface area contributed by atoms with Crippen molar-refractivity contribution in [2.45, 2.75) is 0 Å². The summed E-state index contributed by atoms with van der Waals surface area (Å²) >= 11 is 0. The molecule has 0 spiro atoms. The molecule has 2 heterocycles. The maximum Gasteiger partial charge on any atom is 0.143 e. The highest BCUT2D eigenvalue weighted by molar-refractivity contribution is 6.16. The standard InChI is InChI=1S/C46H29NO2/c1-2-10-30(11-3-1)31-18-22-34(23-19-31)47(35-24-26-39-38-15-7-9-17-43(38)48-45(39)29-35)42-16-8-6-13-36(42)33-21-27-44-41(28-33)40-25-20-32-12-4-5-14-37(32)46(40)49-44/h1-29H. The van der Waals surface area contributed by atoms with E-state index in [2.05, 4.69) is 169 Å². The molecular formula is C46H29NO2. The van der Waals surface area contributed by atoms with Gasteiger partial charge in [-0.05, 0) is 76.7 Å². The second kappa shape index (κ2) is 11.0. The molecule has 10 rings (SSSR count). The third-order valence-corrected chi connectivity index (χ3v) is 9.67. The van der Waals surface area contributed by atoms with Crippen LogP contribution in [0.3, 0.4) is 0 Å². The summed E-state index contributed by atoms with van der Waals surface area (Å²) in [6.45, 7) is 0. The van der Waals surface area contributed by atoms with Crippen LogP contribution in [0.5, 0.6) is 0 Å². The van der Waals surface area contributed by atoms with Crippen molar-refractivity contribution in [2.24, 2.45) is 0 Å². The molecular weight excluding hydrogens is 599 g/mol.